The Kier molecular flexibility index (Phi) is 5.36. The fourth-order valence-corrected chi connectivity index (χ4v) is 5.22. The van der Waals surface area contributed by atoms with Gasteiger partial charge in [0, 0.05) is 37.6 Å². The number of fused-ring (bicyclic) bond motifs is 1. The third kappa shape index (κ3) is 3.69. The Hall–Kier alpha value is -2.05. The normalized spacial score (nSPS) is 20.6. The summed E-state index contributed by atoms with van der Waals surface area (Å²) < 4.78 is 0. The average molecular weight is 386 g/mol. The van der Waals surface area contributed by atoms with Crippen LogP contribution in [0.15, 0.2) is 35.7 Å². The van der Waals surface area contributed by atoms with E-state index in [-0.39, 0.29) is 11.9 Å². The average Bonchev–Trinajstić information content (AvgIpc) is 3.17. The van der Waals surface area contributed by atoms with Crippen molar-refractivity contribution in [1.82, 2.24) is 9.80 Å². The maximum Gasteiger partial charge on any atom is 0.237 e. The van der Waals surface area contributed by atoms with Crippen molar-refractivity contribution in [3.05, 3.63) is 46.2 Å². The number of rotatable bonds is 4. The van der Waals surface area contributed by atoms with Crippen molar-refractivity contribution < 1.29 is 9.90 Å². The lowest BCUT2D eigenvalue weighted by molar-refractivity contribution is -0.135. The second-order valence-electron chi connectivity index (χ2n) is 7.31. The first-order valence-electron chi connectivity index (χ1n) is 9.78. The number of anilines is 1. The zero-order valence-corrected chi connectivity index (χ0v) is 16.6. The van der Waals surface area contributed by atoms with Gasteiger partial charge in [-0.3, -0.25) is 9.69 Å². The largest absolute Gasteiger partial charge is 0.506 e. The van der Waals surface area contributed by atoms with Crippen LogP contribution in [0.4, 0.5) is 5.69 Å². The smallest absolute Gasteiger partial charge is 0.237 e. The van der Waals surface area contributed by atoms with Crippen molar-refractivity contribution in [1.29, 1.82) is 0 Å². The summed E-state index contributed by atoms with van der Waals surface area (Å²) in [6.07, 6.45) is 1.95. The van der Waals surface area contributed by atoms with Crippen LogP contribution >= 0.6 is 11.3 Å². The van der Waals surface area contributed by atoms with E-state index in [0.29, 0.717) is 12.3 Å². The molecule has 0 aliphatic carbocycles. The number of amides is 1. The highest BCUT2D eigenvalue weighted by Gasteiger charge is 2.31. The predicted octanol–water partition coefficient (Wildman–Crippen LogP) is 3.11. The minimum absolute atomic E-state index is 0.232. The van der Waals surface area contributed by atoms with Crippen molar-refractivity contribution in [2.75, 3.05) is 44.2 Å². The van der Waals surface area contributed by atoms with Crippen LogP contribution in [0.25, 0.3) is 0 Å². The molecule has 1 aromatic heterocycles. The maximum atomic E-state index is 13.0. The molecule has 3 heterocycles. The zero-order chi connectivity index (χ0) is 18.8. The minimum atomic E-state index is 0.232. The van der Waals surface area contributed by atoms with Crippen LogP contribution in [0.5, 0.6) is 5.75 Å². The van der Waals surface area contributed by atoms with Gasteiger partial charge in [-0.25, -0.2) is 0 Å². The molecule has 144 valence electrons. The van der Waals surface area contributed by atoms with Gasteiger partial charge >= 0.3 is 0 Å². The lowest BCUT2D eigenvalue weighted by Crippen LogP contribution is -2.51. The number of thiophene rings is 1. The number of carbonyl (C=O) groups excluding carboxylic acids is 1. The molecule has 2 aromatic rings. The van der Waals surface area contributed by atoms with E-state index in [1.807, 2.05) is 29.5 Å². The Morgan fingerprint density at radius 1 is 1.15 bits per heavy atom. The molecule has 1 aromatic carbocycles. The molecule has 0 saturated carbocycles. The highest BCUT2D eigenvalue weighted by molar-refractivity contribution is 7.10. The monoisotopic (exact) mass is 385 g/mol. The van der Waals surface area contributed by atoms with Gasteiger partial charge in [0.05, 0.1) is 18.3 Å². The molecule has 5 nitrogen and oxygen atoms in total. The number of phenolic OH excluding ortho intramolecular Hbond substituents is 1. The fourth-order valence-electron chi connectivity index (χ4n) is 4.30. The zero-order valence-electron chi connectivity index (χ0n) is 15.8. The summed E-state index contributed by atoms with van der Waals surface area (Å²) in [6.45, 7) is 6.84. The van der Waals surface area contributed by atoms with Gasteiger partial charge in [0.1, 0.15) is 5.75 Å². The third-order valence-corrected chi connectivity index (χ3v) is 6.75. The summed E-state index contributed by atoms with van der Waals surface area (Å²) in [5, 5.41) is 12.2. The SMILES string of the molecule is CCC1c2ccsc2CCN1C(=O)CN1CCN(c2ccccc2O)CC1. The molecule has 0 bridgehead atoms. The van der Waals surface area contributed by atoms with E-state index < -0.39 is 0 Å². The van der Waals surface area contributed by atoms with Gasteiger partial charge in [-0.2, -0.15) is 0 Å². The van der Waals surface area contributed by atoms with Crippen molar-refractivity contribution in [3.63, 3.8) is 0 Å². The van der Waals surface area contributed by atoms with Crippen molar-refractivity contribution in [2.45, 2.75) is 25.8 Å². The molecular formula is C21H27N3O2S. The lowest BCUT2D eigenvalue weighted by Gasteiger charge is -2.39. The van der Waals surface area contributed by atoms with Crippen LogP contribution in [0.1, 0.15) is 29.8 Å². The summed E-state index contributed by atoms with van der Waals surface area (Å²) in [5.74, 6) is 0.572. The van der Waals surface area contributed by atoms with Crippen LogP contribution in [0.3, 0.4) is 0 Å². The van der Waals surface area contributed by atoms with Crippen LogP contribution in [-0.2, 0) is 11.2 Å². The van der Waals surface area contributed by atoms with Gasteiger partial charge in [-0.05, 0) is 42.0 Å². The molecule has 0 spiro atoms. The van der Waals surface area contributed by atoms with E-state index in [9.17, 15) is 9.90 Å². The molecule has 1 amide bonds. The molecule has 1 saturated heterocycles. The van der Waals surface area contributed by atoms with Gasteiger partial charge in [0.15, 0.2) is 0 Å². The van der Waals surface area contributed by atoms with Crippen LogP contribution in [0.2, 0.25) is 0 Å². The second kappa shape index (κ2) is 7.90. The number of piperazine rings is 1. The summed E-state index contributed by atoms with van der Waals surface area (Å²) in [6, 6.07) is 9.90. The summed E-state index contributed by atoms with van der Waals surface area (Å²) in [7, 11) is 0. The van der Waals surface area contributed by atoms with E-state index in [0.717, 1.165) is 51.3 Å². The van der Waals surface area contributed by atoms with E-state index in [2.05, 4.69) is 33.1 Å². The van der Waals surface area contributed by atoms with E-state index in [1.54, 1.807) is 6.07 Å². The Bertz CT molecular complexity index is 798. The number of carbonyl (C=O) groups is 1. The molecule has 2 aliphatic rings. The molecule has 6 heteroatoms. The van der Waals surface area contributed by atoms with E-state index in [1.165, 1.54) is 10.4 Å². The van der Waals surface area contributed by atoms with Crippen LogP contribution in [0, 0.1) is 0 Å². The summed E-state index contributed by atoms with van der Waals surface area (Å²) >= 11 is 1.82. The molecule has 1 atom stereocenters. The highest BCUT2D eigenvalue weighted by Crippen LogP contribution is 2.35. The first-order valence-corrected chi connectivity index (χ1v) is 10.7. The topological polar surface area (TPSA) is 47.0 Å². The number of hydrogen-bond donors (Lipinski definition) is 1. The first kappa shape index (κ1) is 18.3. The fraction of sp³-hybridized carbons (Fsp3) is 0.476. The lowest BCUT2D eigenvalue weighted by atomic mass is 9.97. The standard InChI is InChI=1S/C21H27N3O2S/c1-2-17-16-8-14-27-20(16)7-9-24(17)21(26)15-22-10-12-23(13-11-22)18-5-3-4-6-19(18)25/h3-6,8,14,17,25H,2,7,9-13,15H2,1H3. The molecular weight excluding hydrogens is 358 g/mol. The number of phenols is 1. The van der Waals surface area contributed by atoms with Crippen LogP contribution in [-0.4, -0.2) is 60.1 Å². The maximum absolute atomic E-state index is 13.0. The quantitative estimate of drug-likeness (QED) is 0.879. The Morgan fingerprint density at radius 3 is 2.67 bits per heavy atom. The van der Waals surface area contributed by atoms with Crippen molar-refractivity contribution in [2.24, 2.45) is 0 Å². The van der Waals surface area contributed by atoms with Gasteiger partial charge in [0.25, 0.3) is 0 Å². The van der Waals surface area contributed by atoms with E-state index in [4.69, 9.17) is 0 Å². The van der Waals surface area contributed by atoms with Gasteiger partial charge in [-0.15, -0.1) is 11.3 Å². The van der Waals surface area contributed by atoms with Crippen molar-refractivity contribution >= 4 is 22.9 Å². The summed E-state index contributed by atoms with van der Waals surface area (Å²) in [4.78, 5) is 21.0. The van der Waals surface area contributed by atoms with Gasteiger partial charge < -0.3 is 14.9 Å². The van der Waals surface area contributed by atoms with Gasteiger partial charge in [-0.1, -0.05) is 19.1 Å². The Labute approximate surface area is 164 Å². The number of nitrogens with zero attached hydrogens (tertiary/aromatic N) is 3. The summed E-state index contributed by atoms with van der Waals surface area (Å²) in [5.41, 5.74) is 2.24. The first-order chi connectivity index (χ1) is 13.2. The van der Waals surface area contributed by atoms with E-state index >= 15 is 0 Å². The third-order valence-electron chi connectivity index (χ3n) is 5.76. The molecule has 0 radical (unpaired) electrons. The molecule has 1 unspecified atom stereocenters. The predicted molar refractivity (Wildman–Crippen MR) is 110 cm³/mol. The number of aromatic hydroxyl groups is 1. The molecule has 27 heavy (non-hydrogen) atoms. The van der Waals surface area contributed by atoms with Crippen molar-refractivity contribution in [3.8, 4) is 5.75 Å². The second-order valence-corrected chi connectivity index (χ2v) is 8.31. The number of hydrogen-bond acceptors (Lipinski definition) is 5. The van der Waals surface area contributed by atoms with Crippen LogP contribution < -0.4 is 4.90 Å². The minimum Gasteiger partial charge on any atom is -0.506 e. The number of para-hydroxylation sites is 2. The number of benzene rings is 1. The molecule has 1 N–H and O–H groups in total. The molecule has 1 fully saturated rings. The Morgan fingerprint density at radius 2 is 1.93 bits per heavy atom. The van der Waals surface area contributed by atoms with Gasteiger partial charge in [0.2, 0.25) is 5.91 Å². The molecule has 2 aliphatic heterocycles. The molecule has 4 rings (SSSR count). The Balaban J connectivity index is 1.35. The highest BCUT2D eigenvalue weighted by atomic mass is 32.1.